The number of carbonyl (C=O) groups is 3. The fourth-order valence-corrected chi connectivity index (χ4v) is 3.90. The number of rotatable bonds is 7. The molecule has 0 aliphatic heterocycles. The molecular weight excluding hydrogens is 412 g/mol. The van der Waals surface area contributed by atoms with E-state index in [1.807, 2.05) is 5.32 Å². The van der Waals surface area contributed by atoms with E-state index in [9.17, 15) is 31.6 Å². The molecule has 0 saturated heterocycles. The van der Waals surface area contributed by atoms with E-state index in [1.54, 1.807) is 4.72 Å². The quantitative estimate of drug-likeness (QED) is 0.549. The van der Waals surface area contributed by atoms with Crippen LogP contribution in [0.15, 0.2) is 23.1 Å². The summed E-state index contributed by atoms with van der Waals surface area (Å²) in [4.78, 5) is 33.7. The van der Waals surface area contributed by atoms with Crippen molar-refractivity contribution in [2.45, 2.75) is 43.0 Å². The molecule has 160 valence electrons. The van der Waals surface area contributed by atoms with Crippen molar-refractivity contribution < 1.29 is 36.3 Å². The van der Waals surface area contributed by atoms with Gasteiger partial charge in [0.2, 0.25) is 10.0 Å². The lowest BCUT2D eigenvalue weighted by Crippen LogP contribution is -2.46. The lowest BCUT2D eigenvalue weighted by atomic mass is 9.96. The molecule has 1 saturated carbocycles. The molecule has 0 aromatic heterocycles. The zero-order chi connectivity index (χ0) is 21.4. The fourth-order valence-electron chi connectivity index (χ4n) is 2.79. The first-order valence-corrected chi connectivity index (χ1v) is 10.4. The number of urea groups is 1. The van der Waals surface area contributed by atoms with E-state index in [0.29, 0.717) is 0 Å². The Kier molecular flexibility index (Phi) is 8.02. The van der Waals surface area contributed by atoms with Gasteiger partial charge in [0.25, 0.3) is 5.91 Å². The molecule has 3 amide bonds. The number of sulfonamides is 1. The van der Waals surface area contributed by atoms with Gasteiger partial charge < -0.3 is 10.1 Å². The van der Waals surface area contributed by atoms with Gasteiger partial charge in [-0.2, -0.15) is 4.72 Å². The topological polar surface area (TPSA) is 131 Å². The molecule has 1 aromatic carbocycles. The standard InChI is InChI=1S/C17H21F2N3O6S/c18-12-7-4-8-13(19)16(12)29(26,27)20-9-15(24)28-10-14(23)22-17(25)21-11-5-2-1-3-6-11/h4,7-8,11,20H,1-3,5-6,9-10H2,(H2,21,22,23,25). The maximum Gasteiger partial charge on any atom is 0.321 e. The van der Waals surface area contributed by atoms with Gasteiger partial charge in [-0.05, 0) is 25.0 Å². The molecule has 29 heavy (non-hydrogen) atoms. The van der Waals surface area contributed by atoms with Gasteiger partial charge in [-0.15, -0.1) is 0 Å². The van der Waals surface area contributed by atoms with Gasteiger partial charge in [-0.3, -0.25) is 14.9 Å². The summed E-state index contributed by atoms with van der Waals surface area (Å²) in [5.41, 5.74) is 0. The van der Waals surface area contributed by atoms with Crippen LogP contribution in [0.4, 0.5) is 13.6 Å². The van der Waals surface area contributed by atoms with Crippen molar-refractivity contribution in [3.63, 3.8) is 0 Å². The Morgan fingerprint density at radius 2 is 1.69 bits per heavy atom. The third-order valence-electron chi connectivity index (χ3n) is 4.15. The number of carbonyl (C=O) groups excluding carboxylic acids is 3. The number of ether oxygens (including phenoxy) is 1. The SMILES string of the molecule is O=C(COC(=O)CNS(=O)(=O)c1c(F)cccc1F)NC(=O)NC1CCCCC1. The van der Waals surface area contributed by atoms with E-state index in [2.05, 4.69) is 10.1 Å². The van der Waals surface area contributed by atoms with Gasteiger partial charge in [-0.25, -0.2) is 22.0 Å². The van der Waals surface area contributed by atoms with E-state index in [-0.39, 0.29) is 6.04 Å². The predicted molar refractivity (Wildman–Crippen MR) is 96.1 cm³/mol. The van der Waals surface area contributed by atoms with Crippen molar-refractivity contribution in [2.24, 2.45) is 0 Å². The maximum absolute atomic E-state index is 13.5. The van der Waals surface area contributed by atoms with E-state index < -0.39 is 57.6 Å². The molecule has 1 aromatic rings. The highest BCUT2D eigenvalue weighted by molar-refractivity contribution is 7.89. The number of imide groups is 1. The van der Waals surface area contributed by atoms with Crippen molar-refractivity contribution in [1.29, 1.82) is 0 Å². The molecule has 2 rings (SSSR count). The van der Waals surface area contributed by atoms with Crippen LogP contribution in [0.5, 0.6) is 0 Å². The second kappa shape index (κ2) is 10.3. The number of benzene rings is 1. The van der Waals surface area contributed by atoms with Gasteiger partial charge in [0.05, 0.1) is 0 Å². The molecule has 0 atom stereocenters. The van der Waals surface area contributed by atoms with Crippen molar-refractivity contribution in [2.75, 3.05) is 13.2 Å². The summed E-state index contributed by atoms with van der Waals surface area (Å²) < 4.78 is 57.2. The van der Waals surface area contributed by atoms with E-state index in [1.165, 1.54) is 0 Å². The molecule has 12 heteroatoms. The van der Waals surface area contributed by atoms with Crippen molar-refractivity contribution in [3.05, 3.63) is 29.8 Å². The van der Waals surface area contributed by atoms with Crippen LogP contribution in [0, 0.1) is 11.6 Å². The Bertz CT molecular complexity index is 852. The highest BCUT2D eigenvalue weighted by atomic mass is 32.2. The Balaban J connectivity index is 1.74. The monoisotopic (exact) mass is 433 g/mol. The van der Waals surface area contributed by atoms with E-state index >= 15 is 0 Å². The van der Waals surface area contributed by atoms with Gasteiger partial charge >= 0.3 is 12.0 Å². The van der Waals surface area contributed by atoms with Crippen LogP contribution < -0.4 is 15.4 Å². The van der Waals surface area contributed by atoms with Crippen molar-refractivity contribution in [1.82, 2.24) is 15.4 Å². The number of nitrogens with one attached hydrogen (secondary N) is 3. The minimum Gasteiger partial charge on any atom is -0.455 e. The number of halogens is 2. The molecule has 0 heterocycles. The fraction of sp³-hybridized carbons (Fsp3) is 0.471. The highest BCUT2D eigenvalue weighted by Gasteiger charge is 2.25. The molecule has 0 radical (unpaired) electrons. The lowest BCUT2D eigenvalue weighted by molar-refractivity contribution is -0.147. The molecule has 3 N–H and O–H groups in total. The summed E-state index contributed by atoms with van der Waals surface area (Å²) in [6.45, 7) is -1.79. The van der Waals surface area contributed by atoms with Crippen LogP contribution >= 0.6 is 0 Å². The Hall–Kier alpha value is -2.60. The predicted octanol–water partition coefficient (Wildman–Crippen LogP) is 0.945. The second-order valence-corrected chi connectivity index (χ2v) is 8.10. The smallest absolute Gasteiger partial charge is 0.321 e. The molecule has 0 unspecified atom stereocenters. The molecular formula is C17H21F2N3O6S. The molecule has 1 aliphatic rings. The zero-order valence-corrected chi connectivity index (χ0v) is 16.2. The van der Waals surface area contributed by atoms with Gasteiger partial charge in [0.15, 0.2) is 11.5 Å². The van der Waals surface area contributed by atoms with Gasteiger partial charge in [0, 0.05) is 6.04 Å². The number of amides is 3. The zero-order valence-electron chi connectivity index (χ0n) is 15.4. The molecule has 9 nitrogen and oxygen atoms in total. The molecule has 0 bridgehead atoms. The first-order valence-electron chi connectivity index (χ1n) is 8.88. The number of esters is 1. The summed E-state index contributed by atoms with van der Waals surface area (Å²) in [7, 11) is -4.66. The first-order chi connectivity index (χ1) is 13.7. The third-order valence-corrected chi connectivity index (χ3v) is 5.60. The van der Waals surface area contributed by atoms with Crippen molar-refractivity contribution >= 4 is 27.9 Å². The normalized spacial score (nSPS) is 14.8. The van der Waals surface area contributed by atoms with Crippen LogP contribution in [-0.2, 0) is 24.3 Å². The van der Waals surface area contributed by atoms with Crippen molar-refractivity contribution in [3.8, 4) is 0 Å². The van der Waals surface area contributed by atoms with Gasteiger partial charge in [0.1, 0.15) is 18.2 Å². The Morgan fingerprint density at radius 1 is 1.07 bits per heavy atom. The largest absolute Gasteiger partial charge is 0.455 e. The highest BCUT2D eigenvalue weighted by Crippen LogP contribution is 2.18. The van der Waals surface area contributed by atoms with Crippen LogP contribution in [-0.4, -0.2) is 45.5 Å². The summed E-state index contributed by atoms with van der Waals surface area (Å²) in [5.74, 6) is -4.73. The third kappa shape index (κ3) is 7.06. The average Bonchev–Trinajstić information content (AvgIpc) is 2.65. The summed E-state index contributed by atoms with van der Waals surface area (Å²) in [6.07, 6.45) is 4.72. The number of hydrogen-bond donors (Lipinski definition) is 3. The van der Waals surface area contributed by atoms with Crippen LogP contribution in [0.3, 0.4) is 0 Å². The van der Waals surface area contributed by atoms with E-state index in [0.717, 1.165) is 50.3 Å². The minimum atomic E-state index is -4.66. The lowest BCUT2D eigenvalue weighted by Gasteiger charge is -2.22. The Labute approximate surface area is 166 Å². The average molecular weight is 433 g/mol. The summed E-state index contributed by atoms with van der Waals surface area (Å²) in [5, 5.41) is 4.63. The minimum absolute atomic E-state index is 0.0210. The molecule has 1 aliphatic carbocycles. The molecule has 1 fully saturated rings. The Morgan fingerprint density at radius 3 is 2.31 bits per heavy atom. The van der Waals surface area contributed by atoms with Crippen LogP contribution in [0.1, 0.15) is 32.1 Å². The van der Waals surface area contributed by atoms with Crippen LogP contribution in [0.25, 0.3) is 0 Å². The number of hydrogen-bond acceptors (Lipinski definition) is 6. The molecule has 0 spiro atoms. The maximum atomic E-state index is 13.5. The second-order valence-electron chi connectivity index (χ2n) is 6.39. The van der Waals surface area contributed by atoms with E-state index in [4.69, 9.17) is 0 Å². The van der Waals surface area contributed by atoms with Gasteiger partial charge in [-0.1, -0.05) is 25.3 Å². The first kappa shape index (κ1) is 22.7. The van der Waals surface area contributed by atoms with Crippen LogP contribution in [0.2, 0.25) is 0 Å². The summed E-state index contributed by atoms with van der Waals surface area (Å²) >= 11 is 0. The summed E-state index contributed by atoms with van der Waals surface area (Å²) in [6, 6.07) is 1.75.